The number of carbonyl (C=O) groups is 1. The number of esters is 1. The molecule has 0 bridgehead atoms. The molecule has 102 valence electrons. The molecule has 0 saturated carbocycles. The molecule has 0 amide bonds. The predicted octanol–water partition coefficient (Wildman–Crippen LogP) is -0.0158. The van der Waals surface area contributed by atoms with E-state index in [0.29, 0.717) is 11.6 Å². The lowest BCUT2D eigenvalue weighted by atomic mass is 10.0. The van der Waals surface area contributed by atoms with E-state index in [0.717, 1.165) is 32.6 Å². The maximum absolute atomic E-state index is 11.5. The summed E-state index contributed by atoms with van der Waals surface area (Å²) in [7, 11) is 0. The van der Waals surface area contributed by atoms with Gasteiger partial charge in [-0.2, -0.15) is 0 Å². The first-order valence-electron chi connectivity index (χ1n) is 6.38. The highest BCUT2D eigenvalue weighted by molar-refractivity contribution is 7.80. The van der Waals surface area contributed by atoms with Crippen molar-refractivity contribution in [2.24, 2.45) is 5.73 Å². The molecule has 2 N–H and O–H groups in total. The van der Waals surface area contributed by atoms with Crippen LogP contribution in [0.5, 0.6) is 0 Å². The van der Waals surface area contributed by atoms with Crippen LogP contribution in [0.1, 0.15) is 20.3 Å². The van der Waals surface area contributed by atoms with Gasteiger partial charge < -0.3 is 10.5 Å². The highest BCUT2D eigenvalue weighted by Gasteiger charge is 2.37. The molecule has 2 rings (SSSR count). The summed E-state index contributed by atoms with van der Waals surface area (Å²) in [6, 6.07) is -0.0416. The van der Waals surface area contributed by atoms with Crippen LogP contribution < -0.4 is 5.73 Å². The predicted molar refractivity (Wildman–Crippen MR) is 73.4 cm³/mol. The Hall–Kier alpha value is -0.720. The number of ether oxygens (including phenoxy) is 1. The van der Waals surface area contributed by atoms with Crippen molar-refractivity contribution >= 4 is 23.2 Å². The first-order chi connectivity index (χ1) is 8.43. The SMILES string of the molecule is CC(C)(C(N)=S)N1CCN(C2CCOC2=O)CC1. The van der Waals surface area contributed by atoms with Crippen molar-refractivity contribution in [2.45, 2.75) is 31.8 Å². The van der Waals surface area contributed by atoms with Crippen LogP contribution >= 0.6 is 12.2 Å². The van der Waals surface area contributed by atoms with Crippen molar-refractivity contribution in [3.8, 4) is 0 Å². The zero-order chi connectivity index (χ0) is 13.3. The first kappa shape index (κ1) is 13.7. The Morgan fingerprint density at radius 2 is 2.00 bits per heavy atom. The van der Waals surface area contributed by atoms with E-state index in [4.69, 9.17) is 22.7 Å². The van der Waals surface area contributed by atoms with Gasteiger partial charge in [-0.15, -0.1) is 0 Å². The van der Waals surface area contributed by atoms with E-state index in [-0.39, 0.29) is 17.6 Å². The summed E-state index contributed by atoms with van der Waals surface area (Å²) in [5.41, 5.74) is 5.53. The number of nitrogens with two attached hydrogens (primary N) is 1. The lowest BCUT2D eigenvalue weighted by Gasteiger charge is -2.44. The van der Waals surface area contributed by atoms with Gasteiger partial charge in [0.2, 0.25) is 0 Å². The molecular weight excluding hydrogens is 250 g/mol. The average Bonchev–Trinajstić information content (AvgIpc) is 2.75. The van der Waals surface area contributed by atoms with Crippen LogP contribution in [0.2, 0.25) is 0 Å². The van der Waals surface area contributed by atoms with Gasteiger partial charge in [0.25, 0.3) is 0 Å². The van der Waals surface area contributed by atoms with Crippen LogP contribution in [0.25, 0.3) is 0 Å². The molecule has 1 unspecified atom stereocenters. The van der Waals surface area contributed by atoms with Crippen molar-refractivity contribution in [1.82, 2.24) is 9.80 Å². The normalized spacial score (nSPS) is 27.2. The largest absolute Gasteiger partial charge is 0.464 e. The van der Waals surface area contributed by atoms with Crippen LogP contribution in [0.15, 0.2) is 0 Å². The molecule has 0 radical (unpaired) electrons. The summed E-state index contributed by atoms with van der Waals surface area (Å²) in [5.74, 6) is -0.0722. The highest BCUT2D eigenvalue weighted by atomic mass is 32.1. The lowest BCUT2D eigenvalue weighted by molar-refractivity contribution is -0.143. The maximum atomic E-state index is 11.5. The minimum absolute atomic E-state index is 0.0416. The molecule has 2 aliphatic heterocycles. The van der Waals surface area contributed by atoms with Gasteiger partial charge in [-0.3, -0.25) is 14.6 Å². The van der Waals surface area contributed by atoms with Crippen molar-refractivity contribution < 1.29 is 9.53 Å². The number of hydrogen-bond acceptors (Lipinski definition) is 5. The fraction of sp³-hybridized carbons (Fsp3) is 0.833. The van der Waals surface area contributed by atoms with Gasteiger partial charge in [0.1, 0.15) is 6.04 Å². The van der Waals surface area contributed by atoms with Gasteiger partial charge in [-0.05, 0) is 13.8 Å². The molecule has 1 atom stereocenters. The molecule has 5 nitrogen and oxygen atoms in total. The lowest BCUT2D eigenvalue weighted by Crippen LogP contribution is -2.60. The van der Waals surface area contributed by atoms with E-state index >= 15 is 0 Å². The number of carbonyl (C=O) groups excluding carboxylic acids is 1. The minimum atomic E-state index is -0.252. The van der Waals surface area contributed by atoms with E-state index < -0.39 is 0 Å². The summed E-state index contributed by atoms with van der Waals surface area (Å²) in [5, 5.41) is 0. The monoisotopic (exact) mass is 271 g/mol. The topological polar surface area (TPSA) is 58.8 Å². The van der Waals surface area contributed by atoms with Crippen LogP contribution in [0.4, 0.5) is 0 Å². The molecular formula is C12H21N3O2S. The van der Waals surface area contributed by atoms with Gasteiger partial charge in [0.15, 0.2) is 0 Å². The number of hydrogen-bond donors (Lipinski definition) is 1. The molecule has 2 saturated heterocycles. The molecule has 0 aromatic carbocycles. The number of cyclic esters (lactones) is 1. The quantitative estimate of drug-likeness (QED) is 0.575. The standard InChI is InChI=1S/C12H21N3O2S/c1-12(2,11(13)18)15-6-4-14(5-7-15)9-3-8-17-10(9)16/h9H,3-8H2,1-2H3,(H2,13,18). The second-order valence-corrected chi connectivity index (χ2v) is 5.86. The molecule has 2 fully saturated rings. The Labute approximate surface area is 113 Å². The van der Waals surface area contributed by atoms with E-state index in [9.17, 15) is 4.79 Å². The van der Waals surface area contributed by atoms with Gasteiger partial charge in [-0.25, -0.2) is 0 Å². The zero-order valence-corrected chi connectivity index (χ0v) is 11.8. The van der Waals surface area contributed by atoms with Crippen LogP contribution in [0, 0.1) is 0 Å². The van der Waals surface area contributed by atoms with Gasteiger partial charge in [-0.1, -0.05) is 12.2 Å². The summed E-state index contributed by atoms with van der Waals surface area (Å²) in [6.45, 7) is 8.16. The van der Waals surface area contributed by atoms with E-state index in [2.05, 4.69) is 23.6 Å². The fourth-order valence-corrected chi connectivity index (χ4v) is 2.69. The van der Waals surface area contributed by atoms with E-state index in [1.165, 1.54) is 0 Å². The number of rotatable bonds is 3. The molecule has 0 aliphatic carbocycles. The van der Waals surface area contributed by atoms with Gasteiger partial charge in [0, 0.05) is 32.6 Å². The Morgan fingerprint density at radius 3 is 2.44 bits per heavy atom. The summed E-state index contributed by atoms with van der Waals surface area (Å²) < 4.78 is 5.02. The number of piperazine rings is 1. The molecule has 2 heterocycles. The van der Waals surface area contributed by atoms with Crippen molar-refractivity contribution in [2.75, 3.05) is 32.8 Å². The molecule has 0 spiro atoms. The molecule has 18 heavy (non-hydrogen) atoms. The van der Waals surface area contributed by atoms with Crippen molar-refractivity contribution in [3.63, 3.8) is 0 Å². The van der Waals surface area contributed by atoms with Crippen LogP contribution in [-0.4, -0.2) is 65.1 Å². The minimum Gasteiger partial charge on any atom is -0.464 e. The number of nitrogens with zero attached hydrogens (tertiary/aromatic N) is 2. The summed E-state index contributed by atoms with van der Waals surface area (Å²) in [4.78, 5) is 16.6. The zero-order valence-electron chi connectivity index (χ0n) is 11.0. The Kier molecular flexibility index (Phi) is 3.89. The van der Waals surface area contributed by atoms with Gasteiger partial charge in [0.05, 0.1) is 17.1 Å². The third-order valence-electron chi connectivity index (χ3n) is 4.06. The average molecular weight is 271 g/mol. The smallest absolute Gasteiger partial charge is 0.323 e. The third kappa shape index (κ3) is 2.50. The Morgan fingerprint density at radius 1 is 1.39 bits per heavy atom. The Bertz CT molecular complexity index is 351. The van der Waals surface area contributed by atoms with Crippen LogP contribution in [0.3, 0.4) is 0 Å². The van der Waals surface area contributed by atoms with Crippen LogP contribution in [-0.2, 0) is 9.53 Å². The molecule has 0 aromatic rings. The van der Waals surface area contributed by atoms with Crippen molar-refractivity contribution in [1.29, 1.82) is 0 Å². The third-order valence-corrected chi connectivity index (χ3v) is 4.56. The maximum Gasteiger partial charge on any atom is 0.323 e. The molecule has 0 aromatic heterocycles. The second-order valence-electron chi connectivity index (χ2n) is 5.42. The van der Waals surface area contributed by atoms with E-state index in [1.807, 2.05) is 0 Å². The molecule has 6 heteroatoms. The fourth-order valence-electron chi connectivity index (χ4n) is 2.57. The molecule has 2 aliphatic rings. The highest BCUT2D eigenvalue weighted by Crippen LogP contribution is 2.21. The van der Waals surface area contributed by atoms with Gasteiger partial charge >= 0.3 is 5.97 Å². The Balaban J connectivity index is 1.92. The van der Waals surface area contributed by atoms with E-state index in [1.54, 1.807) is 0 Å². The summed E-state index contributed by atoms with van der Waals surface area (Å²) >= 11 is 5.12. The van der Waals surface area contributed by atoms with Crippen molar-refractivity contribution in [3.05, 3.63) is 0 Å². The first-order valence-corrected chi connectivity index (χ1v) is 6.79. The number of thiocarbonyl (C=S) groups is 1. The second kappa shape index (κ2) is 5.11. The summed E-state index contributed by atoms with van der Waals surface area (Å²) in [6.07, 6.45) is 0.817.